The van der Waals surface area contributed by atoms with Crippen LogP contribution in [0.3, 0.4) is 0 Å². The summed E-state index contributed by atoms with van der Waals surface area (Å²) in [5.74, 6) is -0.633. The van der Waals surface area contributed by atoms with Crippen molar-refractivity contribution < 1.29 is 33.4 Å². The van der Waals surface area contributed by atoms with E-state index in [4.69, 9.17) is 29.3 Å². The van der Waals surface area contributed by atoms with Gasteiger partial charge in [0.1, 0.15) is 0 Å². The molecule has 0 bridgehead atoms. The maximum Gasteiger partial charge on any atom is 0.334 e. The Morgan fingerprint density at radius 1 is 1.00 bits per heavy atom. The molecule has 1 rings (SSSR count). The highest BCUT2D eigenvalue weighted by Crippen LogP contribution is 2.10. The van der Waals surface area contributed by atoms with Crippen LogP contribution in [0.25, 0.3) is 10.4 Å². The van der Waals surface area contributed by atoms with Crippen molar-refractivity contribution in [3.05, 3.63) is 10.4 Å². The molecule has 1 saturated heterocycles. The molecule has 1 aliphatic heterocycles. The van der Waals surface area contributed by atoms with E-state index < -0.39 is 5.97 Å². The van der Waals surface area contributed by atoms with Gasteiger partial charge in [0.25, 0.3) is 5.91 Å². The first-order valence-corrected chi connectivity index (χ1v) is 8.57. The van der Waals surface area contributed by atoms with E-state index in [1.165, 1.54) is 0 Å². The number of carbonyl (C=O) groups excluding carboxylic acids is 2. The summed E-state index contributed by atoms with van der Waals surface area (Å²) < 4.78 is 21.0. The van der Waals surface area contributed by atoms with Crippen LogP contribution >= 0.6 is 0 Å². The first-order valence-electron chi connectivity index (χ1n) is 8.57. The number of nitrogens with zero attached hydrogens (tertiary/aromatic N) is 4. The number of carbonyl (C=O) groups is 2. The molecule has 0 atom stereocenters. The molecule has 0 radical (unpaired) electrons. The van der Waals surface area contributed by atoms with Crippen molar-refractivity contribution in [2.24, 2.45) is 5.11 Å². The summed E-state index contributed by atoms with van der Waals surface area (Å²) in [5, 5.41) is 4.45. The molecule has 0 aromatic heterocycles. The van der Waals surface area contributed by atoms with Crippen LogP contribution in [-0.4, -0.2) is 82.9 Å². The summed E-state index contributed by atoms with van der Waals surface area (Å²) in [6.45, 7) is 3.87. The minimum Gasteiger partial charge on any atom is -0.379 e. The lowest BCUT2D eigenvalue weighted by Gasteiger charge is -2.14. The molecule has 11 nitrogen and oxygen atoms in total. The quantitative estimate of drug-likeness (QED) is 0.169. The second-order valence-electron chi connectivity index (χ2n) is 5.22. The SMILES string of the molecule is [N-]=[N+]=NCCOCCOCCOCCOCCC(=O)ON1CCCC1=O. The van der Waals surface area contributed by atoms with Crippen molar-refractivity contribution in [1.29, 1.82) is 0 Å². The van der Waals surface area contributed by atoms with Gasteiger partial charge >= 0.3 is 5.97 Å². The van der Waals surface area contributed by atoms with E-state index in [1.54, 1.807) is 0 Å². The van der Waals surface area contributed by atoms with Gasteiger partial charge in [-0.15, -0.1) is 0 Å². The Hall–Kier alpha value is -1.91. The zero-order chi connectivity index (χ0) is 18.9. The van der Waals surface area contributed by atoms with Crippen LogP contribution in [-0.2, 0) is 33.4 Å². The molecular formula is C15H26N4O7. The summed E-state index contributed by atoms with van der Waals surface area (Å²) in [7, 11) is 0. The molecule has 0 aliphatic carbocycles. The van der Waals surface area contributed by atoms with Gasteiger partial charge in [-0.3, -0.25) is 4.79 Å². The molecule has 0 aromatic rings. The normalized spacial score (nSPS) is 13.7. The molecule has 0 saturated carbocycles. The van der Waals surface area contributed by atoms with Gasteiger partial charge in [-0.05, 0) is 12.0 Å². The van der Waals surface area contributed by atoms with Gasteiger partial charge in [-0.2, -0.15) is 5.06 Å². The largest absolute Gasteiger partial charge is 0.379 e. The van der Waals surface area contributed by atoms with Crippen LogP contribution < -0.4 is 0 Å². The first-order chi connectivity index (χ1) is 12.7. The molecule has 0 unspecified atom stereocenters. The molecule has 0 N–H and O–H groups in total. The van der Waals surface area contributed by atoms with E-state index in [2.05, 4.69) is 10.0 Å². The van der Waals surface area contributed by atoms with E-state index in [0.717, 1.165) is 5.06 Å². The van der Waals surface area contributed by atoms with Gasteiger partial charge in [0.15, 0.2) is 0 Å². The monoisotopic (exact) mass is 374 g/mol. The molecule has 1 heterocycles. The van der Waals surface area contributed by atoms with Crippen molar-refractivity contribution in [1.82, 2.24) is 5.06 Å². The lowest BCUT2D eigenvalue weighted by atomic mass is 10.4. The second kappa shape index (κ2) is 15.4. The average molecular weight is 374 g/mol. The van der Waals surface area contributed by atoms with Crippen molar-refractivity contribution in [2.45, 2.75) is 19.3 Å². The van der Waals surface area contributed by atoms with Crippen LogP contribution in [0.1, 0.15) is 19.3 Å². The van der Waals surface area contributed by atoms with Crippen LogP contribution in [0.4, 0.5) is 0 Å². The van der Waals surface area contributed by atoms with E-state index in [1.807, 2.05) is 0 Å². The lowest BCUT2D eigenvalue weighted by molar-refractivity contribution is -0.193. The summed E-state index contributed by atoms with van der Waals surface area (Å²) in [4.78, 5) is 30.3. The van der Waals surface area contributed by atoms with Crippen molar-refractivity contribution in [3.8, 4) is 0 Å². The fraction of sp³-hybridized carbons (Fsp3) is 0.867. The van der Waals surface area contributed by atoms with Gasteiger partial charge in [-0.25, -0.2) is 4.79 Å². The van der Waals surface area contributed by atoms with Gasteiger partial charge in [-0.1, -0.05) is 5.11 Å². The second-order valence-corrected chi connectivity index (χ2v) is 5.22. The third-order valence-electron chi connectivity index (χ3n) is 3.21. The Balaban J connectivity index is 1.77. The number of hydrogen-bond acceptors (Lipinski definition) is 8. The number of hydrogen-bond donors (Lipinski definition) is 0. The topological polar surface area (TPSA) is 132 Å². The number of azide groups is 1. The maximum absolute atomic E-state index is 11.5. The third-order valence-corrected chi connectivity index (χ3v) is 3.21. The van der Waals surface area contributed by atoms with Crippen LogP contribution in [0.5, 0.6) is 0 Å². The molecule has 26 heavy (non-hydrogen) atoms. The zero-order valence-electron chi connectivity index (χ0n) is 14.8. The molecule has 0 aromatic carbocycles. The smallest absolute Gasteiger partial charge is 0.334 e. The predicted octanol–water partition coefficient (Wildman–Crippen LogP) is 0.834. The third kappa shape index (κ3) is 11.6. The average Bonchev–Trinajstić information content (AvgIpc) is 3.03. The van der Waals surface area contributed by atoms with E-state index in [-0.39, 0.29) is 18.9 Å². The lowest BCUT2D eigenvalue weighted by Crippen LogP contribution is -2.28. The van der Waals surface area contributed by atoms with Gasteiger partial charge < -0.3 is 23.8 Å². The molecule has 1 amide bonds. The van der Waals surface area contributed by atoms with Crippen molar-refractivity contribution in [2.75, 3.05) is 65.9 Å². The number of hydroxylamine groups is 2. The molecule has 148 valence electrons. The van der Waals surface area contributed by atoms with Crippen molar-refractivity contribution >= 4 is 11.9 Å². The van der Waals surface area contributed by atoms with E-state index in [9.17, 15) is 9.59 Å². The fourth-order valence-corrected chi connectivity index (χ4v) is 1.96. The molecule has 11 heteroatoms. The van der Waals surface area contributed by atoms with Gasteiger partial charge in [0.05, 0.1) is 65.8 Å². The number of amides is 1. The predicted molar refractivity (Wildman–Crippen MR) is 88.9 cm³/mol. The van der Waals surface area contributed by atoms with E-state index in [0.29, 0.717) is 72.2 Å². The molecule has 1 fully saturated rings. The van der Waals surface area contributed by atoms with Gasteiger partial charge in [0.2, 0.25) is 0 Å². The Kier molecular flexibility index (Phi) is 13.1. The summed E-state index contributed by atoms with van der Waals surface area (Å²) in [6.07, 6.45) is 1.23. The summed E-state index contributed by atoms with van der Waals surface area (Å²) >= 11 is 0. The Morgan fingerprint density at radius 3 is 2.12 bits per heavy atom. The summed E-state index contributed by atoms with van der Waals surface area (Å²) in [6, 6.07) is 0. The number of ether oxygens (including phenoxy) is 4. The zero-order valence-corrected chi connectivity index (χ0v) is 14.8. The molecule has 0 spiro atoms. The van der Waals surface area contributed by atoms with Gasteiger partial charge in [0, 0.05) is 17.9 Å². The Morgan fingerprint density at radius 2 is 1.58 bits per heavy atom. The Labute approximate surface area is 152 Å². The fourth-order valence-electron chi connectivity index (χ4n) is 1.96. The van der Waals surface area contributed by atoms with Crippen molar-refractivity contribution in [3.63, 3.8) is 0 Å². The van der Waals surface area contributed by atoms with E-state index >= 15 is 0 Å². The standard InChI is InChI=1S/C15H26N4O7/c16-18-17-4-7-23-9-11-25-13-12-24-10-8-22-6-3-15(21)26-19-5-1-2-14(19)20/h1-13H2. The highest BCUT2D eigenvalue weighted by atomic mass is 16.7. The minimum absolute atomic E-state index is 0.0899. The minimum atomic E-state index is -0.476. The van der Waals surface area contributed by atoms with Crippen LogP contribution in [0.2, 0.25) is 0 Å². The molecular weight excluding hydrogens is 348 g/mol. The Bertz CT molecular complexity index is 457. The highest BCUT2D eigenvalue weighted by Gasteiger charge is 2.23. The summed E-state index contributed by atoms with van der Waals surface area (Å²) in [5.41, 5.74) is 8.06. The van der Waals surface area contributed by atoms with Crippen LogP contribution in [0, 0.1) is 0 Å². The maximum atomic E-state index is 11.5. The number of rotatable bonds is 16. The highest BCUT2D eigenvalue weighted by molar-refractivity contribution is 5.79. The van der Waals surface area contributed by atoms with Crippen LogP contribution in [0.15, 0.2) is 5.11 Å². The first kappa shape index (κ1) is 22.1. The molecule has 1 aliphatic rings.